The second kappa shape index (κ2) is 5.60. The normalized spacial score (nSPS) is 27.3. The summed E-state index contributed by atoms with van der Waals surface area (Å²) < 4.78 is 11.3. The first-order valence-electron chi connectivity index (χ1n) is 7.67. The van der Waals surface area contributed by atoms with Crippen molar-refractivity contribution in [3.05, 3.63) is 18.3 Å². The van der Waals surface area contributed by atoms with E-state index < -0.39 is 0 Å². The molecule has 4 nitrogen and oxygen atoms in total. The molecule has 2 unspecified atom stereocenters. The largest absolute Gasteiger partial charge is 0.480 e. The molecule has 1 N–H and O–H groups in total. The number of rotatable bonds is 5. The van der Waals surface area contributed by atoms with Gasteiger partial charge >= 0.3 is 0 Å². The molecule has 1 aromatic heterocycles. The highest BCUT2D eigenvalue weighted by Crippen LogP contribution is 2.55. The fourth-order valence-electron chi connectivity index (χ4n) is 3.94. The van der Waals surface area contributed by atoms with Gasteiger partial charge in [-0.15, -0.1) is 0 Å². The number of nitrogens with zero attached hydrogens (tertiary/aromatic N) is 1. The topological polar surface area (TPSA) is 43.4 Å². The Labute approximate surface area is 120 Å². The summed E-state index contributed by atoms with van der Waals surface area (Å²) in [6.07, 6.45) is 8.48. The van der Waals surface area contributed by atoms with Crippen LogP contribution < -0.4 is 10.1 Å². The molecule has 0 bridgehead atoms. The zero-order valence-electron chi connectivity index (χ0n) is 12.4. The first-order chi connectivity index (χ1) is 9.80. The number of aromatic nitrogens is 1. The van der Waals surface area contributed by atoms with Gasteiger partial charge in [0.15, 0.2) is 0 Å². The molecule has 2 aliphatic carbocycles. The van der Waals surface area contributed by atoms with E-state index in [0.29, 0.717) is 23.4 Å². The molecule has 2 fully saturated rings. The SMILES string of the molecule is CCOC1CC(Nc2cccnc2OC)C12CCCC2. The van der Waals surface area contributed by atoms with Crippen LogP contribution in [0.3, 0.4) is 0 Å². The Morgan fingerprint density at radius 3 is 2.90 bits per heavy atom. The lowest BCUT2D eigenvalue weighted by Crippen LogP contribution is -2.60. The molecular formula is C16H24N2O2. The van der Waals surface area contributed by atoms with E-state index in [-0.39, 0.29) is 0 Å². The van der Waals surface area contributed by atoms with Gasteiger partial charge in [0, 0.05) is 24.3 Å². The minimum atomic E-state index is 0.330. The van der Waals surface area contributed by atoms with Crippen molar-refractivity contribution in [1.82, 2.24) is 4.98 Å². The Hall–Kier alpha value is -1.29. The van der Waals surface area contributed by atoms with Gasteiger partial charge in [0.1, 0.15) is 0 Å². The third-order valence-electron chi connectivity index (χ3n) is 4.98. The molecule has 2 aliphatic rings. The third kappa shape index (κ3) is 2.16. The van der Waals surface area contributed by atoms with Crippen LogP contribution in [-0.2, 0) is 4.74 Å². The van der Waals surface area contributed by atoms with E-state index in [4.69, 9.17) is 9.47 Å². The van der Waals surface area contributed by atoms with Crippen molar-refractivity contribution in [3.63, 3.8) is 0 Å². The van der Waals surface area contributed by atoms with Crippen LogP contribution in [-0.4, -0.2) is 30.8 Å². The average molecular weight is 276 g/mol. The summed E-state index contributed by atoms with van der Waals surface area (Å²) in [5.41, 5.74) is 1.33. The predicted molar refractivity (Wildman–Crippen MR) is 79.1 cm³/mol. The van der Waals surface area contributed by atoms with Gasteiger partial charge in [0.05, 0.1) is 18.9 Å². The first kappa shape index (κ1) is 13.7. The molecule has 2 saturated carbocycles. The molecule has 3 rings (SSSR count). The van der Waals surface area contributed by atoms with Gasteiger partial charge in [-0.25, -0.2) is 4.98 Å². The Kier molecular flexibility index (Phi) is 3.83. The minimum absolute atomic E-state index is 0.330. The van der Waals surface area contributed by atoms with Crippen molar-refractivity contribution in [2.24, 2.45) is 5.41 Å². The minimum Gasteiger partial charge on any atom is -0.480 e. The molecular weight excluding hydrogens is 252 g/mol. The highest BCUT2D eigenvalue weighted by Gasteiger charge is 2.56. The van der Waals surface area contributed by atoms with Crippen molar-refractivity contribution in [3.8, 4) is 5.88 Å². The van der Waals surface area contributed by atoms with Crippen LogP contribution >= 0.6 is 0 Å². The zero-order chi connectivity index (χ0) is 14.0. The van der Waals surface area contributed by atoms with Crippen molar-refractivity contribution >= 4 is 5.69 Å². The Morgan fingerprint density at radius 2 is 2.20 bits per heavy atom. The Balaban J connectivity index is 1.74. The van der Waals surface area contributed by atoms with Gasteiger partial charge in [-0.2, -0.15) is 0 Å². The second-order valence-electron chi connectivity index (χ2n) is 5.88. The van der Waals surface area contributed by atoms with Crippen LogP contribution in [0.5, 0.6) is 5.88 Å². The summed E-state index contributed by atoms with van der Waals surface area (Å²) in [5.74, 6) is 0.681. The summed E-state index contributed by atoms with van der Waals surface area (Å²) in [4.78, 5) is 4.26. The molecule has 1 spiro atoms. The lowest BCUT2D eigenvalue weighted by atomic mass is 9.60. The number of pyridine rings is 1. The van der Waals surface area contributed by atoms with E-state index in [1.165, 1.54) is 25.7 Å². The van der Waals surface area contributed by atoms with E-state index in [1.54, 1.807) is 13.3 Å². The number of anilines is 1. The van der Waals surface area contributed by atoms with E-state index >= 15 is 0 Å². The molecule has 4 heteroatoms. The molecule has 0 radical (unpaired) electrons. The van der Waals surface area contributed by atoms with Crippen LogP contribution in [0.25, 0.3) is 0 Å². The standard InChI is InChI=1S/C16H24N2O2/c1-3-20-14-11-13(16(14)8-4-5-9-16)18-12-7-6-10-17-15(12)19-2/h6-7,10,13-14,18H,3-5,8-9,11H2,1-2H3. The number of methoxy groups -OCH3 is 1. The van der Waals surface area contributed by atoms with Crippen molar-refractivity contribution < 1.29 is 9.47 Å². The highest BCUT2D eigenvalue weighted by atomic mass is 16.5. The zero-order valence-corrected chi connectivity index (χ0v) is 12.4. The third-order valence-corrected chi connectivity index (χ3v) is 4.98. The highest BCUT2D eigenvalue weighted by molar-refractivity contribution is 5.53. The van der Waals surface area contributed by atoms with E-state index in [2.05, 4.69) is 17.2 Å². The van der Waals surface area contributed by atoms with E-state index in [9.17, 15) is 0 Å². The number of hydrogen-bond acceptors (Lipinski definition) is 4. The predicted octanol–water partition coefficient (Wildman–Crippen LogP) is 3.24. The fourth-order valence-corrected chi connectivity index (χ4v) is 3.94. The maximum absolute atomic E-state index is 5.95. The number of ether oxygens (including phenoxy) is 2. The van der Waals surface area contributed by atoms with Crippen molar-refractivity contribution in [2.45, 2.75) is 51.2 Å². The van der Waals surface area contributed by atoms with Crippen LogP contribution in [0.1, 0.15) is 39.0 Å². The molecule has 0 aliphatic heterocycles. The summed E-state index contributed by atoms with van der Waals surface area (Å²) in [6, 6.07) is 4.48. The van der Waals surface area contributed by atoms with Crippen molar-refractivity contribution in [1.29, 1.82) is 0 Å². The van der Waals surface area contributed by atoms with Gasteiger partial charge in [0.2, 0.25) is 5.88 Å². The molecule has 1 aromatic rings. The summed E-state index contributed by atoms with van der Waals surface area (Å²) in [7, 11) is 1.67. The molecule has 0 saturated heterocycles. The Morgan fingerprint density at radius 1 is 1.40 bits per heavy atom. The molecule has 2 atom stereocenters. The first-order valence-corrected chi connectivity index (χ1v) is 7.67. The van der Waals surface area contributed by atoms with Crippen LogP contribution in [0.4, 0.5) is 5.69 Å². The summed E-state index contributed by atoms with van der Waals surface area (Å²) >= 11 is 0. The lowest BCUT2D eigenvalue weighted by molar-refractivity contribution is -0.114. The van der Waals surface area contributed by atoms with Crippen LogP contribution in [0, 0.1) is 5.41 Å². The van der Waals surface area contributed by atoms with Gasteiger partial charge in [0.25, 0.3) is 0 Å². The van der Waals surface area contributed by atoms with Gasteiger partial charge in [-0.1, -0.05) is 12.8 Å². The second-order valence-corrected chi connectivity index (χ2v) is 5.88. The summed E-state index contributed by atoms with van der Waals surface area (Å²) in [6.45, 7) is 2.91. The maximum atomic E-state index is 5.95. The van der Waals surface area contributed by atoms with Gasteiger partial charge in [-0.05, 0) is 38.3 Å². The molecule has 0 aromatic carbocycles. The lowest BCUT2D eigenvalue weighted by Gasteiger charge is -2.54. The molecule has 20 heavy (non-hydrogen) atoms. The van der Waals surface area contributed by atoms with E-state index in [0.717, 1.165) is 18.7 Å². The maximum Gasteiger partial charge on any atom is 0.237 e. The van der Waals surface area contributed by atoms with Gasteiger partial charge in [-0.3, -0.25) is 0 Å². The van der Waals surface area contributed by atoms with Crippen LogP contribution in [0.15, 0.2) is 18.3 Å². The quantitative estimate of drug-likeness (QED) is 0.896. The summed E-state index contributed by atoms with van der Waals surface area (Å²) in [5, 5.41) is 3.65. The van der Waals surface area contributed by atoms with Gasteiger partial charge < -0.3 is 14.8 Å². The van der Waals surface area contributed by atoms with Crippen LogP contribution in [0.2, 0.25) is 0 Å². The molecule has 110 valence electrons. The van der Waals surface area contributed by atoms with Crippen molar-refractivity contribution in [2.75, 3.05) is 19.0 Å². The Bertz CT molecular complexity index is 458. The fraction of sp³-hybridized carbons (Fsp3) is 0.688. The average Bonchev–Trinajstić information content (AvgIpc) is 2.99. The number of nitrogens with one attached hydrogen (secondary N) is 1. The number of hydrogen-bond donors (Lipinski definition) is 1. The molecule has 1 heterocycles. The monoisotopic (exact) mass is 276 g/mol. The van der Waals surface area contributed by atoms with E-state index in [1.807, 2.05) is 12.1 Å². The smallest absolute Gasteiger partial charge is 0.237 e. The molecule has 0 amide bonds.